The van der Waals surface area contributed by atoms with Crippen LogP contribution in [-0.4, -0.2) is 10.3 Å². The van der Waals surface area contributed by atoms with E-state index in [2.05, 4.69) is 5.16 Å². The smallest absolute Gasteiger partial charge is 0.134 e. The van der Waals surface area contributed by atoms with Crippen molar-refractivity contribution in [2.75, 3.05) is 0 Å². The minimum atomic E-state index is -0.891. The van der Waals surface area contributed by atoms with Crippen LogP contribution in [-0.2, 0) is 5.60 Å². The molecule has 0 saturated heterocycles. The largest absolute Gasteiger partial charge is 0.383 e. The van der Waals surface area contributed by atoms with Crippen LogP contribution >= 0.6 is 0 Å². The van der Waals surface area contributed by atoms with Gasteiger partial charge in [-0.05, 0) is 19.8 Å². The lowest BCUT2D eigenvalue weighted by Gasteiger charge is -2.24. The van der Waals surface area contributed by atoms with Crippen molar-refractivity contribution in [3.05, 3.63) is 17.5 Å². The van der Waals surface area contributed by atoms with E-state index in [1.807, 2.05) is 20.8 Å². The van der Waals surface area contributed by atoms with Crippen LogP contribution < -0.4 is 0 Å². The Balaban J connectivity index is 2.97. The minimum Gasteiger partial charge on any atom is -0.383 e. The third-order valence-electron chi connectivity index (χ3n) is 2.27. The molecule has 12 heavy (non-hydrogen) atoms. The van der Waals surface area contributed by atoms with Gasteiger partial charge in [-0.15, -0.1) is 0 Å². The number of hydrogen-bond donors (Lipinski definition) is 1. The first-order valence-electron chi connectivity index (χ1n) is 4.10. The molecule has 68 valence electrons. The van der Waals surface area contributed by atoms with Gasteiger partial charge in [0.05, 0.1) is 0 Å². The minimum absolute atomic E-state index is 0.127. The highest BCUT2D eigenvalue weighted by atomic mass is 16.5. The van der Waals surface area contributed by atoms with Crippen molar-refractivity contribution in [3.8, 4) is 0 Å². The first-order chi connectivity index (χ1) is 5.44. The summed E-state index contributed by atoms with van der Waals surface area (Å²) in [6, 6.07) is 1.76. The average Bonchev–Trinajstić information content (AvgIpc) is 2.35. The van der Waals surface area contributed by atoms with E-state index in [0.29, 0.717) is 5.69 Å². The van der Waals surface area contributed by atoms with Gasteiger partial charge in [-0.3, -0.25) is 0 Å². The van der Waals surface area contributed by atoms with E-state index in [0.717, 1.165) is 5.76 Å². The zero-order chi connectivity index (χ0) is 9.35. The van der Waals surface area contributed by atoms with Crippen molar-refractivity contribution in [2.24, 2.45) is 5.92 Å². The summed E-state index contributed by atoms with van der Waals surface area (Å²) in [5.41, 5.74) is -0.285. The number of rotatable bonds is 2. The maximum absolute atomic E-state index is 9.95. The van der Waals surface area contributed by atoms with Crippen LogP contribution in [0.4, 0.5) is 0 Å². The van der Waals surface area contributed by atoms with Gasteiger partial charge in [-0.25, -0.2) is 0 Å². The van der Waals surface area contributed by atoms with E-state index in [1.165, 1.54) is 0 Å². The van der Waals surface area contributed by atoms with Crippen LogP contribution in [0.1, 0.15) is 32.2 Å². The molecule has 1 unspecified atom stereocenters. The summed E-state index contributed by atoms with van der Waals surface area (Å²) >= 11 is 0. The van der Waals surface area contributed by atoms with E-state index < -0.39 is 5.60 Å². The van der Waals surface area contributed by atoms with Crippen molar-refractivity contribution in [1.82, 2.24) is 5.16 Å². The number of aliphatic hydroxyl groups is 1. The summed E-state index contributed by atoms with van der Waals surface area (Å²) in [6.07, 6.45) is 0. The van der Waals surface area contributed by atoms with E-state index in [1.54, 1.807) is 13.0 Å². The molecule has 1 atom stereocenters. The molecule has 0 aliphatic carbocycles. The highest BCUT2D eigenvalue weighted by Gasteiger charge is 2.30. The number of aryl methyl sites for hydroxylation is 1. The number of aromatic nitrogens is 1. The Hall–Kier alpha value is -0.830. The molecule has 1 heterocycles. The van der Waals surface area contributed by atoms with Gasteiger partial charge < -0.3 is 9.63 Å². The van der Waals surface area contributed by atoms with Crippen LogP contribution in [0.25, 0.3) is 0 Å². The molecular weight excluding hydrogens is 154 g/mol. The zero-order valence-electron chi connectivity index (χ0n) is 7.96. The predicted molar refractivity (Wildman–Crippen MR) is 45.6 cm³/mol. The van der Waals surface area contributed by atoms with Crippen LogP contribution in [0.15, 0.2) is 10.6 Å². The zero-order valence-corrected chi connectivity index (χ0v) is 7.96. The van der Waals surface area contributed by atoms with Crippen LogP contribution in [0, 0.1) is 12.8 Å². The SMILES string of the molecule is Cc1cc(C(C)(O)C(C)C)no1. The second-order valence-electron chi connectivity index (χ2n) is 3.63. The van der Waals surface area contributed by atoms with Crippen molar-refractivity contribution >= 4 is 0 Å². The molecule has 0 fully saturated rings. The van der Waals surface area contributed by atoms with E-state index >= 15 is 0 Å². The van der Waals surface area contributed by atoms with Crippen LogP contribution in [0.3, 0.4) is 0 Å². The standard InChI is InChI=1S/C9H15NO2/c1-6(2)9(4,11)8-5-7(3)12-10-8/h5-6,11H,1-4H3. The lowest BCUT2D eigenvalue weighted by Crippen LogP contribution is -2.28. The highest BCUT2D eigenvalue weighted by Crippen LogP contribution is 2.27. The molecule has 0 aromatic carbocycles. The topological polar surface area (TPSA) is 46.3 Å². The maximum atomic E-state index is 9.95. The lowest BCUT2D eigenvalue weighted by molar-refractivity contribution is 0.00219. The molecule has 0 aliphatic heterocycles. The number of nitrogens with zero attached hydrogens (tertiary/aromatic N) is 1. The van der Waals surface area contributed by atoms with E-state index in [9.17, 15) is 5.11 Å². The van der Waals surface area contributed by atoms with Gasteiger partial charge in [-0.1, -0.05) is 19.0 Å². The van der Waals surface area contributed by atoms with Gasteiger partial charge in [-0.2, -0.15) is 0 Å². The molecule has 3 nitrogen and oxygen atoms in total. The van der Waals surface area contributed by atoms with Gasteiger partial charge in [0.1, 0.15) is 17.1 Å². The first-order valence-corrected chi connectivity index (χ1v) is 4.10. The Morgan fingerprint density at radius 3 is 2.50 bits per heavy atom. The molecule has 1 aromatic rings. The molecule has 0 aliphatic rings. The van der Waals surface area contributed by atoms with Crippen molar-refractivity contribution in [3.63, 3.8) is 0 Å². The van der Waals surface area contributed by atoms with Gasteiger partial charge in [0, 0.05) is 6.07 Å². The van der Waals surface area contributed by atoms with Crippen molar-refractivity contribution in [1.29, 1.82) is 0 Å². The molecule has 0 amide bonds. The van der Waals surface area contributed by atoms with Crippen LogP contribution in [0.5, 0.6) is 0 Å². The molecule has 1 aromatic heterocycles. The Bertz CT molecular complexity index is 263. The summed E-state index contributed by atoms with van der Waals surface area (Å²) in [6.45, 7) is 7.45. The summed E-state index contributed by atoms with van der Waals surface area (Å²) in [7, 11) is 0. The number of hydrogen-bond acceptors (Lipinski definition) is 3. The van der Waals surface area contributed by atoms with Crippen molar-refractivity contribution < 1.29 is 9.63 Å². The molecule has 0 radical (unpaired) electrons. The molecule has 1 rings (SSSR count). The van der Waals surface area contributed by atoms with E-state index in [-0.39, 0.29) is 5.92 Å². The van der Waals surface area contributed by atoms with E-state index in [4.69, 9.17) is 4.52 Å². The lowest BCUT2D eigenvalue weighted by atomic mass is 9.89. The fourth-order valence-electron chi connectivity index (χ4n) is 0.901. The fourth-order valence-corrected chi connectivity index (χ4v) is 0.901. The Labute approximate surface area is 72.4 Å². The van der Waals surface area contributed by atoms with Gasteiger partial charge in [0.25, 0.3) is 0 Å². The molecule has 3 heteroatoms. The second kappa shape index (κ2) is 2.90. The molecule has 0 bridgehead atoms. The summed E-state index contributed by atoms with van der Waals surface area (Å²) in [4.78, 5) is 0. The Morgan fingerprint density at radius 2 is 2.17 bits per heavy atom. The van der Waals surface area contributed by atoms with Crippen LogP contribution in [0.2, 0.25) is 0 Å². The summed E-state index contributed by atoms with van der Waals surface area (Å²) in [5, 5.41) is 13.7. The van der Waals surface area contributed by atoms with Gasteiger partial charge >= 0.3 is 0 Å². The third-order valence-corrected chi connectivity index (χ3v) is 2.27. The summed E-state index contributed by atoms with van der Waals surface area (Å²) in [5.74, 6) is 0.855. The molecule has 0 spiro atoms. The molecule has 0 saturated carbocycles. The quantitative estimate of drug-likeness (QED) is 0.734. The van der Waals surface area contributed by atoms with Gasteiger partial charge in [0.2, 0.25) is 0 Å². The Morgan fingerprint density at radius 1 is 1.58 bits per heavy atom. The molecular formula is C9H15NO2. The molecule has 1 N–H and O–H groups in total. The normalized spacial score (nSPS) is 16.5. The average molecular weight is 169 g/mol. The highest BCUT2D eigenvalue weighted by molar-refractivity contribution is 5.12. The third kappa shape index (κ3) is 1.50. The fraction of sp³-hybridized carbons (Fsp3) is 0.667. The van der Waals surface area contributed by atoms with Gasteiger partial charge in [0.15, 0.2) is 0 Å². The second-order valence-corrected chi connectivity index (χ2v) is 3.63. The monoisotopic (exact) mass is 169 g/mol. The summed E-state index contributed by atoms with van der Waals surface area (Å²) < 4.78 is 4.89. The maximum Gasteiger partial charge on any atom is 0.134 e. The first kappa shape index (κ1) is 9.26. The Kier molecular flexibility index (Phi) is 2.24. The predicted octanol–water partition coefficient (Wildman–Crippen LogP) is 1.85. The van der Waals surface area contributed by atoms with Crippen molar-refractivity contribution in [2.45, 2.75) is 33.3 Å².